The molecule has 0 saturated carbocycles. The Balaban J connectivity index is 1.90. The second-order valence-corrected chi connectivity index (χ2v) is 8.14. The van der Waals surface area contributed by atoms with Crippen molar-refractivity contribution in [1.29, 1.82) is 0 Å². The fourth-order valence-corrected chi connectivity index (χ4v) is 4.83. The van der Waals surface area contributed by atoms with Crippen LogP contribution in [0.2, 0.25) is 5.02 Å². The number of rotatable bonds is 13. The zero-order valence-corrected chi connectivity index (χ0v) is 18.7. The van der Waals surface area contributed by atoms with Crippen LogP contribution in [0.3, 0.4) is 0 Å². The van der Waals surface area contributed by atoms with Gasteiger partial charge in [-0.05, 0) is 94.6 Å². The van der Waals surface area contributed by atoms with Gasteiger partial charge in [0.05, 0.1) is 0 Å². The first-order chi connectivity index (χ1) is 13.1. The van der Waals surface area contributed by atoms with Gasteiger partial charge in [0, 0.05) is 11.1 Å². The first-order valence-corrected chi connectivity index (χ1v) is 11.5. The van der Waals surface area contributed by atoms with Crippen LogP contribution < -0.4 is 5.32 Å². The van der Waals surface area contributed by atoms with E-state index in [1.54, 1.807) is 0 Å². The molecule has 1 aromatic carbocycles. The summed E-state index contributed by atoms with van der Waals surface area (Å²) in [6, 6.07) is 6.94. The minimum Gasteiger partial charge on any atom is -0.310 e. The van der Waals surface area contributed by atoms with E-state index in [0.717, 1.165) is 37.7 Å². The van der Waals surface area contributed by atoms with Crippen LogP contribution in [0.5, 0.6) is 0 Å². The molecule has 4 heteroatoms. The van der Waals surface area contributed by atoms with Crippen molar-refractivity contribution >= 4 is 11.6 Å². The molecule has 1 aliphatic carbocycles. The van der Waals surface area contributed by atoms with Crippen molar-refractivity contribution in [2.75, 3.05) is 45.8 Å². The molecule has 2 unspecified atom stereocenters. The molecule has 1 aromatic rings. The molecule has 0 heterocycles. The number of nitrogens with one attached hydrogen (secondary N) is 1. The van der Waals surface area contributed by atoms with Crippen molar-refractivity contribution in [1.82, 2.24) is 15.1 Å². The van der Waals surface area contributed by atoms with E-state index in [0.29, 0.717) is 12.0 Å². The fraction of sp³-hybridized carbons (Fsp3) is 0.739. The van der Waals surface area contributed by atoms with Crippen LogP contribution in [-0.4, -0.2) is 55.6 Å². The van der Waals surface area contributed by atoms with E-state index in [9.17, 15) is 0 Å². The van der Waals surface area contributed by atoms with Gasteiger partial charge in [0.2, 0.25) is 0 Å². The molecule has 0 spiro atoms. The lowest BCUT2D eigenvalue weighted by Gasteiger charge is -2.20. The second kappa shape index (κ2) is 12.1. The summed E-state index contributed by atoms with van der Waals surface area (Å²) in [7, 11) is 0. The maximum Gasteiger partial charge on any atom is 0.0444 e. The van der Waals surface area contributed by atoms with Gasteiger partial charge in [0.1, 0.15) is 0 Å². The van der Waals surface area contributed by atoms with Gasteiger partial charge in [0.25, 0.3) is 0 Å². The maximum atomic E-state index is 6.62. The lowest BCUT2D eigenvalue weighted by Crippen LogP contribution is -2.28. The highest BCUT2D eigenvalue weighted by Gasteiger charge is 2.31. The molecule has 27 heavy (non-hydrogen) atoms. The van der Waals surface area contributed by atoms with Crippen molar-refractivity contribution in [3.05, 3.63) is 34.3 Å². The number of hydrogen-bond acceptors (Lipinski definition) is 3. The van der Waals surface area contributed by atoms with E-state index in [2.05, 4.69) is 61.0 Å². The highest BCUT2D eigenvalue weighted by Crippen LogP contribution is 2.45. The predicted octanol–water partition coefficient (Wildman–Crippen LogP) is 5.31. The van der Waals surface area contributed by atoms with Gasteiger partial charge in [-0.3, -0.25) is 0 Å². The number of nitrogens with zero attached hydrogens (tertiary/aromatic N) is 2. The molecule has 0 saturated heterocycles. The molecule has 0 fully saturated rings. The fourth-order valence-electron chi connectivity index (χ4n) is 4.49. The Labute approximate surface area is 172 Å². The van der Waals surface area contributed by atoms with Gasteiger partial charge in [-0.1, -0.05) is 51.4 Å². The van der Waals surface area contributed by atoms with Crippen LogP contribution in [0, 0.1) is 0 Å². The molecule has 154 valence electrons. The summed E-state index contributed by atoms with van der Waals surface area (Å²) >= 11 is 6.62. The molecule has 1 aliphatic rings. The van der Waals surface area contributed by atoms with Crippen molar-refractivity contribution in [3.63, 3.8) is 0 Å². The van der Waals surface area contributed by atoms with Crippen molar-refractivity contribution in [3.8, 4) is 0 Å². The summed E-state index contributed by atoms with van der Waals surface area (Å²) in [5, 5.41) is 4.79. The summed E-state index contributed by atoms with van der Waals surface area (Å²) in [5.41, 5.74) is 2.86. The number of hydrogen-bond donors (Lipinski definition) is 1. The van der Waals surface area contributed by atoms with Gasteiger partial charge < -0.3 is 15.1 Å². The van der Waals surface area contributed by atoms with Crippen molar-refractivity contribution in [2.24, 2.45) is 0 Å². The standard InChI is InChI=1S/C23H40ClN3/c1-5-26(6-2)16-10-12-19-18-22(20-13-9-14-21(24)23(19)20)25-15-11-17-27(7-3)8-4/h9,13-14,19,22,25H,5-8,10-12,15-18H2,1-4H3. The molecule has 0 aliphatic heterocycles. The molecule has 0 bridgehead atoms. The van der Waals surface area contributed by atoms with Crippen LogP contribution in [-0.2, 0) is 0 Å². The van der Waals surface area contributed by atoms with Crippen LogP contribution in [0.4, 0.5) is 0 Å². The van der Waals surface area contributed by atoms with Crippen molar-refractivity contribution in [2.45, 2.75) is 65.3 Å². The van der Waals surface area contributed by atoms with Gasteiger partial charge in [-0.25, -0.2) is 0 Å². The van der Waals surface area contributed by atoms with Crippen LogP contribution in [0.1, 0.15) is 76.5 Å². The van der Waals surface area contributed by atoms with Crippen LogP contribution in [0.25, 0.3) is 0 Å². The zero-order valence-electron chi connectivity index (χ0n) is 17.9. The van der Waals surface area contributed by atoms with Gasteiger partial charge in [-0.15, -0.1) is 0 Å². The Morgan fingerprint density at radius 2 is 1.59 bits per heavy atom. The Bertz CT molecular complexity index is 540. The summed E-state index contributed by atoms with van der Waals surface area (Å²) in [5.74, 6) is 0.601. The minimum atomic E-state index is 0.467. The number of halogens is 1. The number of fused-ring (bicyclic) bond motifs is 1. The molecular formula is C23H40ClN3. The zero-order chi connectivity index (χ0) is 19.6. The molecular weight excluding hydrogens is 354 g/mol. The first-order valence-electron chi connectivity index (χ1n) is 11.1. The molecule has 2 atom stereocenters. The quantitative estimate of drug-likeness (QED) is 0.458. The lowest BCUT2D eigenvalue weighted by atomic mass is 9.96. The Morgan fingerprint density at radius 1 is 0.963 bits per heavy atom. The lowest BCUT2D eigenvalue weighted by molar-refractivity contribution is 0.289. The average molecular weight is 394 g/mol. The average Bonchev–Trinajstić information content (AvgIpc) is 3.04. The molecule has 3 nitrogen and oxygen atoms in total. The Morgan fingerprint density at radius 3 is 2.22 bits per heavy atom. The third-order valence-corrected chi connectivity index (χ3v) is 6.58. The highest BCUT2D eigenvalue weighted by molar-refractivity contribution is 6.31. The molecule has 2 rings (SSSR count). The molecule has 0 amide bonds. The smallest absolute Gasteiger partial charge is 0.0444 e. The second-order valence-electron chi connectivity index (χ2n) is 7.73. The third-order valence-electron chi connectivity index (χ3n) is 6.25. The van der Waals surface area contributed by atoms with E-state index in [1.807, 2.05) is 0 Å². The topological polar surface area (TPSA) is 18.5 Å². The molecule has 0 aromatic heterocycles. The van der Waals surface area contributed by atoms with Gasteiger partial charge in [-0.2, -0.15) is 0 Å². The van der Waals surface area contributed by atoms with Gasteiger partial charge >= 0.3 is 0 Å². The summed E-state index contributed by atoms with van der Waals surface area (Å²) in [6.07, 6.45) is 4.90. The summed E-state index contributed by atoms with van der Waals surface area (Å²) in [6.45, 7) is 17.0. The summed E-state index contributed by atoms with van der Waals surface area (Å²) in [4.78, 5) is 5.02. The minimum absolute atomic E-state index is 0.467. The Hall–Kier alpha value is -0.610. The third kappa shape index (κ3) is 6.45. The SMILES string of the molecule is CCN(CC)CCCNC1CC(CCCN(CC)CC)c2c(Cl)cccc21. The van der Waals surface area contributed by atoms with Crippen molar-refractivity contribution < 1.29 is 0 Å². The van der Waals surface area contributed by atoms with Gasteiger partial charge in [0.15, 0.2) is 0 Å². The normalized spacial score (nSPS) is 19.2. The first kappa shape index (κ1) is 22.7. The monoisotopic (exact) mass is 393 g/mol. The van der Waals surface area contributed by atoms with E-state index >= 15 is 0 Å². The van der Waals surface area contributed by atoms with Crippen LogP contribution in [0.15, 0.2) is 18.2 Å². The predicted molar refractivity (Wildman–Crippen MR) is 119 cm³/mol. The van der Waals surface area contributed by atoms with E-state index in [4.69, 9.17) is 11.6 Å². The largest absolute Gasteiger partial charge is 0.310 e. The van der Waals surface area contributed by atoms with Crippen LogP contribution >= 0.6 is 11.6 Å². The number of benzene rings is 1. The molecule has 0 radical (unpaired) electrons. The maximum absolute atomic E-state index is 6.62. The highest BCUT2D eigenvalue weighted by atomic mass is 35.5. The van der Waals surface area contributed by atoms with E-state index in [1.165, 1.54) is 49.9 Å². The summed E-state index contributed by atoms with van der Waals surface area (Å²) < 4.78 is 0. The Kier molecular flexibility index (Phi) is 10.1. The van der Waals surface area contributed by atoms with E-state index < -0.39 is 0 Å². The molecule has 1 N–H and O–H groups in total. The van der Waals surface area contributed by atoms with E-state index in [-0.39, 0.29) is 0 Å².